The van der Waals surface area contributed by atoms with Gasteiger partial charge in [-0.3, -0.25) is 9.97 Å². The molecule has 4 heteroatoms. The van der Waals surface area contributed by atoms with Crippen molar-refractivity contribution in [1.82, 2.24) is 9.97 Å². The molecule has 0 unspecified atom stereocenters. The molecule has 16 heavy (non-hydrogen) atoms. The van der Waals surface area contributed by atoms with Crippen LogP contribution in [0.4, 0.5) is 0 Å². The second kappa shape index (κ2) is 4.41. The van der Waals surface area contributed by atoms with Crippen LogP contribution in [0.25, 0.3) is 11.0 Å². The maximum atomic E-state index is 11.6. The van der Waals surface area contributed by atoms with Gasteiger partial charge in [-0.05, 0) is 12.1 Å². The van der Waals surface area contributed by atoms with Crippen LogP contribution in [-0.2, 0) is 4.74 Å². The van der Waals surface area contributed by atoms with Crippen LogP contribution < -0.4 is 0 Å². The topological polar surface area (TPSA) is 52.1 Å². The van der Waals surface area contributed by atoms with Gasteiger partial charge >= 0.3 is 5.97 Å². The van der Waals surface area contributed by atoms with Crippen molar-refractivity contribution < 1.29 is 9.53 Å². The molecular formula is C12H8N2O2. The standard InChI is InChI=1S/C12H8N2O2/c1-2-8-16-12(15)9-4-3-5-10-11(9)14-7-6-13-10/h1,3-7H,8H2. The molecule has 4 nitrogen and oxygen atoms in total. The number of fused-ring (bicyclic) bond motifs is 1. The van der Waals surface area contributed by atoms with E-state index in [0.29, 0.717) is 16.6 Å². The average molecular weight is 212 g/mol. The minimum absolute atomic E-state index is 0.0461. The lowest BCUT2D eigenvalue weighted by molar-refractivity contribution is 0.0559. The molecule has 0 saturated carbocycles. The maximum absolute atomic E-state index is 11.6. The van der Waals surface area contributed by atoms with Gasteiger partial charge in [0.05, 0.1) is 11.1 Å². The number of carbonyl (C=O) groups excluding carboxylic acids is 1. The van der Waals surface area contributed by atoms with Crippen LogP contribution in [0.3, 0.4) is 0 Å². The highest BCUT2D eigenvalue weighted by molar-refractivity contribution is 6.01. The summed E-state index contributed by atoms with van der Waals surface area (Å²) in [5.41, 5.74) is 1.55. The zero-order valence-corrected chi connectivity index (χ0v) is 8.38. The van der Waals surface area contributed by atoms with Crippen molar-refractivity contribution in [1.29, 1.82) is 0 Å². The lowest BCUT2D eigenvalue weighted by Crippen LogP contribution is -2.06. The number of benzene rings is 1. The number of nitrogens with zero attached hydrogens (tertiary/aromatic N) is 2. The van der Waals surface area contributed by atoms with E-state index in [1.165, 1.54) is 6.20 Å². The number of esters is 1. The Morgan fingerprint density at radius 3 is 3.00 bits per heavy atom. The zero-order valence-electron chi connectivity index (χ0n) is 8.38. The number of hydrogen-bond donors (Lipinski definition) is 0. The highest BCUT2D eigenvalue weighted by Crippen LogP contribution is 2.14. The van der Waals surface area contributed by atoms with E-state index in [-0.39, 0.29) is 6.61 Å². The number of carbonyl (C=O) groups is 1. The van der Waals surface area contributed by atoms with E-state index < -0.39 is 5.97 Å². The van der Waals surface area contributed by atoms with E-state index in [4.69, 9.17) is 11.2 Å². The third-order valence-corrected chi connectivity index (χ3v) is 2.01. The van der Waals surface area contributed by atoms with Crippen LogP contribution in [0.5, 0.6) is 0 Å². The molecule has 0 N–H and O–H groups in total. The molecule has 78 valence electrons. The Kier molecular flexibility index (Phi) is 2.79. The molecule has 0 aliphatic rings. The summed E-state index contributed by atoms with van der Waals surface area (Å²) < 4.78 is 4.84. The summed E-state index contributed by atoms with van der Waals surface area (Å²) in [6.07, 6.45) is 8.11. The molecule has 0 spiro atoms. The fourth-order valence-corrected chi connectivity index (χ4v) is 1.34. The molecule has 0 bridgehead atoms. The quantitative estimate of drug-likeness (QED) is 0.558. The van der Waals surface area contributed by atoms with Gasteiger partial charge in [0, 0.05) is 12.4 Å². The fourth-order valence-electron chi connectivity index (χ4n) is 1.34. The smallest absolute Gasteiger partial charge is 0.341 e. The molecule has 2 rings (SSSR count). The molecule has 0 saturated heterocycles. The summed E-state index contributed by atoms with van der Waals surface area (Å²) in [6.45, 7) is -0.0461. The van der Waals surface area contributed by atoms with Crippen molar-refractivity contribution in [2.45, 2.75) is 0 Å². The van der Waals surface area contributed by atoms with Crippen molar-refractivity contribution in [3.63, 3.8) is 0 Å². The van der Waals surface area contributed by atoms with Crippen molar-refractivity contribution in [3.05, 3.63) is 36.2 Å². The predicted molar refractivity (Wildman–Crippen MR) is 58.7 cm³/mol. The largest absolute Gasteiger partial charge is 0.449 e. The van der Waals surface area contributed by atoms with Crippen molar-refractivity contribution in [2.24, 2.45) is 0 Å². The summed E-state index contributed by atoms with van der Waals surface area (Å²) >= 11 is 0. The number of hydrogen-bond acceptors (Lipinski definition) is 4. The van der Waals surface area contributed by atoms with E-state index in [2.05, 4.69) is 15.9 Å². The first kappa shape index (κ1) is 10.1. The minimum atomic E-state index is -0.482. The van der Waals surface area contributed by atoms with Crippen LogP contribution in [-0.4, -0.2) is 22.5 Å². The fraction of sp³-hybridized carbons (Fsp3) is 0.0833. The maximum Gasteiger partial charge on any atom is 0.341 e. The van der Waals surface area contributed by atoms with Crippen LogP contribution in [0, 0.1) is 12.3 Å². The van der Waals surface area contributed by atoms with E-state index >= 15 is 0 Å². The predicted octanol–water partition coefficient (Wildman–Crippen LogP) is 1.42. The van der Waals surface area contributed by atoms with Crippen molar-refractivity contribution >= 4 is 17.0 Å². The Morgan fingerprint density at radius 2 is 2.19 bits per heavy atom. The summed E-state index contributed by atoms with van der Waals surface area (Å²) in [5, 5.41) is 0. The van der Waals surface area contributed by atoms with Crippen LogP contribution in [0.15, 0.2) is 30.6 Å². The Labute approximate surface area is 92.3 Å². The highest BCUT2D eigenvalue weighted by Gasteiger charge is 2.11. The molecule has 1 aromatic carbocycles. The Morgan fingerprint density at radius 1 is 1.38 bits per heavy atom. The number of rotatable bonds is 2. The van der Waals surface area contributed by atoms with Crippen molar-refractivity contribution in [2.75, 3.05) is 6.61 Å². The zero-order chi connectivity index (χ0) is 11.4. The number of aromatic nitrogens is 2. The van der Waals surface area contributed by atoms with E-state index in [9.17, 15) is 4.79 Å². The SMILES string of the molecule is C#CCOC(=O)c1cccc2nccnc12. The first-order valence-corrected chi connectivity index (χ1v) is 4.63. The van der Waals surface area contributed by atoms with E-state index in [1.807, 2.05) is 0 Å². The van der Waals surface area contributed by atoms with Gasteiger partial charge < -0.3 is 4.74 Å². The molecule has 0 aliphatic heterocycles. The van der Waals surface area contributed by atoms with Gasteiger partial charge in [0.1, 0.15) is 5.52 Å². The van der Waals surface area contributed by atoms with Gasteiger partial charge in [-0.25, -0.2) is 4.79 Å². The molecule has 0 aliphatic carbocycles. The average Bonchev–Trinajstić information content (AvgIpc) is 2.35. The first-order valence-electron chi connectivity index (χ1n) is 4.63. The van der Waals surface area contributed by atoms with E-state index in [0.717, 1.165) is 0 Å². The minimum Gasteiger partial charge on any atom is -0.449 e. The van der Waals surface area contributed by atoms with E-state index in [1.54, 1.807) is 24.4 Å². The molecule has 1 aromatic heterocycles. The van der Waals surface area contributed by atoms with Crippen LogP contribution in [0.2, 0.25) is 0 Å². The summed E-state index contributed by atoms with van der Waals surface area (Å²) in [6, 6.07) is 5.14. The van der Waals surface area contributed by atoms with Gasteiger partial charge in [0.25, 0.3) is 0 Å². The lowest BCUT2D eigenvalue weighted by Gasteiger charge is -2.03. The Balaban J connectivity index is 2.45. The number of terminal acetylenes is 1. The third kappa shape index (κ3) is 1.84. The van der Waals surface area contributed by atoms with Gasteiger partial charge in [0.2, 0.25) is 0 Å². The van der Waals surface area contributed by atoms with Gasteiger partial charge in [-0.1, -0.05) is 12.0 Å². The summed E-state index contributed by atoms with van der Waals surface area (Å²) in [7, 11) is 0. The summed E-state index contributed by atoms with van der Waals surface area (Å²) in [5.74, 6) is 1.75. The van der Waals surface area contributed by atoms with Crippen molar-refractivity contribution in [3.8, 4) is 12.3 Å². The van der Waals surface area contributed by atoms with Gasteiger partial charge in [0.15, 0.2) is 6.61 Å². The molecule has 0 radical (unpaired) electrons. The summed E-state index contributed by atoms with van der Waals surface area (Å²) in [4.78, 5) is 19.8. The monoisotopic (exact) mass is 212 g/mol. The third-order valence-electron chi connectivity index (χ3n) is 2.01. The van der Waals surface area contributed by atoms with Gasteiger partial charge in [-0.15, -0.1) is 6.42 Å². The van der Waals surface area contributed by atoms with Gasteiger partial charge in [-0.2, -0.15) is 0 Å². The molecule has 2 aromatic rings. The lowest BCUT2D eigenvalue weighted by atomic mass is 10.2. The second-order valence-electron chi connectivity index (χ2n) is 3.01. The number of para-hydroxylation sites is 1. The number of ether oxygens (including phenoxy) is 1. The molecule has 0 fully saturated rings. The normalized spacial score (nSPS) is 9.69. The second-order valence-corrected chi connectivity index (χ2v) is 3.01. The Bertz CT molecular complexity index is 567. The Hall–Kier alpha value is -2.41. The molecule has 0 amide bonds. The molecular weight excluding hydrogens is 204 g/mol. The van der Waals surface area contributed by atoms with Crippen LogP contribution in [0.1, 0.15) is 10.4 Å². The highest BCUT2D eigenvalue weighted by atomic mass is 16.5. The van der Waals surface area contributed by atoms with Crippen LogP contribution >= 0.6 is 0 Å². The first-order chi connectivity index (χ1) is 7.83. The molecule has 0 atom stereocenters. The molecule has 1 heterocycles.